The maximum absolute atomic E-state index is 11.9. The second kappa shape index (κ2) is 7.58. The highest BCUT2D eigenvalue weighted by molar-refractivity contribution is 7.88. The molecule has 2 heterocycles. The van der Waals surface area contributed by atoms with E-state index in [1.54, 1.807) is 6.20 Å². The van der Waals surface area contributed by atoms with Crippen molar-refractivity contribution in [1.29, 1.82) is 0 Å². The van der Waals surface area contributed by atoms with E-state index in [1.165, 1.54) is 0 Å². The summed E-state index contributed by atoms with van der Waals surface area (Å²) in [6.07, 6.45) is 4.49. The lowest BCUT2D eigenvalue weighted by molar-refractivity contribution is 0.486. The van der Waals surface area contributed by atoms with Gasteiger partial charge in [-0.15, -0.1) is 11.3 Å². The van der Waals surface area contributed by atoms with Crippen molar-refractivity contribution in [3.63, 3.8) is 0 Å². The average molecular weight is 405 g/mol. The topological polar surface area (TPSA) is 72.2 Å². The van der Waals surface area contributed by atoms with E-state index >= 15 is 0 Å². The Morgan fingerprint density at radius 3 is 2.48 bits per heavy atom. The summed E-state index contributed by atoms with van der Waals surface area (Å²) in [4.78, 5) is 5.20. The fraction of sp³-hybridized carbons (Fsp3) is 0.350. The first-order chi connectivity index (χ1) is 12.6. The molecule has 0 amide bonds. The Hall–Kier alpha value is -1.96. The number of benzene rings is 1. The van der Waals surface area contributed by atoms with Crippen molar-refractivity contribution in [2.45, 2.75) is 44.9 Å². The first-order valence-corrected chi connectivity index (χ1v) is 11.1. The summed E-state index contributed by atoms with van der Waals surface area (Å²) in [5.41, 5.74) is 3.51. The fourth-order valence-corrected chi connectivity index (χ4v) is 5.50. The maximum Gasteiger partial charge on any atom is 0.304 e. The van der Waals surface area contributed by atoms with Crippen molar-refractivity contribution >= 4 is 21.5 Å². The van der Waals surface area contributed by atoms with Crippen molar-refractivity contribution in [2.24, 2.45) is 5.92 Å². The number of imidazole rings is 1. The average Bonchev–Trinajstić information content (AvgIpc) is 3.13. The van der Waals surface area contributed by atoms with Crippen LogP contribution in [0.2, 0.25) is 0 Å². The van der Waals surface area contributed by atoms with E-state index in [-0.39, 0.29) is 4.21 Å². The molecule has 3 aromatic rings. The van der Waals surface area contributed by atoms with Gasteiger partial charge < -0.3 is 4.57 Å². The second-order valence-corrected chi connectivity index (χ2v) is 9.99. The van der Waals surface area contributed by atoms with Gasteiger partial charge in [0, 0.05) is 29.4 Å². The molecule has 27 heavy (non-hydrogen) atoms. The number of hydrogen-bond donors (Lipinski definition) is 1. The molecule has 1 aromatic carbocycles. The van der Waals surface area contributed by atoms with Crippen LogP contribution in [-0.2, 0) is 23.1 Å². The fourth-order valence-electron chi connectivity index (χ4n) is 3.20. The molecule has 0 bridgehead atoms. The summed E-state index contributed by atoms with van der Waals surface area (Å²) in [6.45, 7) is 8.81. The molecule has 0 saturated carbocycles. The lowest BCUT2D eigenvalue weighted by atomic mass is 9.99. The molecule has 3 rings (SSSR count). The van der Waals surface area contributed by atoms with Crippen molar-refractivity contribution < 1.29 is 13.0 Å². The second-order valence-electron chi connectivity index (χ2n) is 7.24. The van der Waals surface area contributed by atoms with Crippen molar-refractivity contribution in [1.82, 2.24) is 9.55 Å². The molecule has 0 aliphatic rings. The standard InChI is InChI=1S/C20H24N2O3S2/c1-13(2)9-17-11-19(20(26-17)27(23,24)25)18-6-5-16(10-14(18)3)12-22-8-7-21-15(22)4/h5-8,10-11,13H,9,12H2,1-4H3,(H,23,24,25). The third kappa shape index (κ3) is 4.48. The summed E-state index contributed by atoms with van der Waals surface area (Å²) in [5.74, 6) is 1.36. The van der Waals surface area contributed by atoms with Crippen LogP contribution in [0.3, 0.4) is 0 Å². The quantitative estimate of drug-likeness (QED) is 0.603. The monoisotopic (exact) mass is 404 g/mol. The molecular weight excluding hydrogens is 380 g/mol. The van der Waals surface area contributed by atoms with E-state index < -0.39 is 10.1 Å². The summed E-state index contributed by atoms with van der Waals surface area (Å²) < 4.78 is 35.6. The molecule has 5 nitrogen and oxygen atoms in total. The number of hydrogen-bond acceptors (Lipinski definition) is 4. The van der Waals surface area contributed by atoms with Gasteiger partial charge in [-0.2, -0.15) is 8.42 Å². The Balaban J connectivity index is 2.01. The molecule has 7 heteroatoms. The van der Waals surface area contributed by atoms with Crippen LogP contribution in [-0.4, -0.2) is 22.5 Å². The van der Waals surface area contributed by atoms with Gasteiger partial charge >= 0.3 is 10.1 Å². The molecule has 0 unspecified atom stereocenters. The highest BCUT2D eigenvalue weighted by Crippen LogP contribution is 2.37. The largest absolute Gasteiger partial charge is 0.331 e. The molecule has 0 aliphatic carbocycles. The third-order valence-corrected chi connectivity index (χ3v) is 6.97. The number of rotatable bonds is 6. The van der Waals surface area contributed by atoms with E-state index in [0.29, 0.717) is 18.0 Å². The van der Waals surface area contributed by atoms with Gasteiger partial charge in [-0.3, -0.25) is 4.55 Å². The van der Waals surface area contributed by atoms with E-state index in [2.05, 4.69) is 29.5 Å². The van der Waals surface area contributed by atoms with E-state index in [0.717, 1.165) is 45.1 Å². The van der Waals surface area contributed by atoms with Crippen LogP contribution in [0.4, 0.5) is 0 Å². The molecule has 1 N–H and O–H groups in total. The van der Waals surface area contributed by atoms with Crippen LogP contribution in [0.25, 0.3) is 11.1 Å². The lowest BCUT2D eigenvalue weighted by Gasteiger charge is -2.10. The summed E-state index contributed by atoms with van der Waals surface area (Å²) >= 11 is 1.16. The molecule has 0 saturated heterocycles. The van der Waals surface area contributed by atoms with Gasteiger partial charge in [0.25, 0.3) is 0 Å². The lowest BCUT2D eigenvalue weighted by Crippen LogP contribution is -2.02. The summed E-state index contributed by atoms with van der Waals surface area (Å²) in [6, 6.07) is 7.89. The van der Waals surface area contributed by atoms with Gasteiger partial charge in [0.15, 0.2) is 4.21 Å². The molecule has 0 aliphatic heterocycles. The molecular formula is C20H24N2O3S2. The maximum atomic E-state index is 11.9. The van der Waals surface area contributed by atoms with Crippen LogP contribution >= 0.6 is 11.3 Å². The van der Waals surface area contributed by atoms with Crippen molar-refractivity contribution in [3.05, 3.63) is 58.5 Å². The van der Waals surface area contributed by atoms with Gasteiger partial charge in [-0.25, -0.2) is 4.98 Å². The van der Waals surface area contributed by atoms with Gasteiger partial charge in [0.2, 0.25) is 0 Å². The Kier molecular flexibility index (Phi) is 5.55. The Morgan fingerprint density at radius 1 is 1.19 bits per heavy atom. The highest BCUT2D eigenvalue weighted by Gasteiger charge is 2.22. The predicted octanol–water partition coefficient (Wildman–Crippen LogP) is 4.72. The number of nitrogens with zero attached hydrogens (tertiary/aromatic N) is 2. The summed E-state index contributed by atoms with van der Waals surface area (Å²) in [7, 11) is -4.26. The normalized spacial score (nSPS) is 12.1. The van der Waals surface area contributed by atoms with Crippen LogP contribution < -0.4 is 0 Å². The zero-order valence-corrected chi connectivity index (χ0v) is 17.6. The van der Waals surface area contributed by atoms with Gasteiger partial charge in [0.1, 0.15) is 5.82 Å². The summed E-state index contributed by atoms with van der Waals surface area (Å²) in [5, 5.41) is 0. The van der Waals surface area contributed by atoms with E-state index in [9.17, 15) is 13.0 Å². The van der Waals surface area contributed by atoms with Crippen molar-refractivity contribution in [2.75, 3.05) is 0 Å². The minimum atomic E-state index is -4.26. The highest BCUT2D eigenvalue weighted by atomic mass is 32.3. The smallest absolute Gasteiger partial charge is 0.304 e. The molecule has 0 fully saturated rings. The Bertz CT molecular complexity index is 1060. The Morgan fingerprint density at radius 2 is 1.93 bits per heavy atom. The van der Waals surface area contributed by atoms with Crippen LogP contribution in [0, 0.1) is 19.8 Å². The zero-order valence-electron chi connectivity index (χ0n) is 15.9. The van der Waals surface area contributed by atoms with Gasteiger partial charge in [-0.05, 0) is 48.9 Å². The molecule has 0 atom stereocenters. The van der Waals surface area contributed by atoms with Crippen LogP contribution in [0.15, 0.2) is 40.9 Å². The van der Waals surface area contributed by atoms with Crippen LogP contribution in [0.5, 0.6) is 0 Å². The van der Waals surface area contributed by atoms with Crippen LogP contribution in [0.1, 0.15) is 35.7 Å². The molecule has 0 spiro atoms. The first-order valence-electron chi connectivity index (χ1n) is 8.83. The predicted molar refractivity (Wildman–Crippen MR) is 109 cm³/mol. The SMILES string of the molecule is Cc1cc(Cn2ccnc2C)ccc1-c1cc(CC(C)C)sc1S(=O)(=O)O. The van der Waals surface area contributed by atoms with E-state index in [4.69, 9.17) is 0 Å². The third-order valence-electron chi connectivity index (χ3n) is 4.45. The van der Waals surface area contributed by atoms with Crippen molar-refractivity contribution in [3.8, 4) is 11.1 Å². The number of aromatic nitrogens is 2. The molecule has 2 aromatic heterocycles. The van der Waals surface area contributed by atoms with Gasteiger partial charge in [-0.1, -0.05) is 32.0 Å². The van der Waals surface area contributed by atoms with Gasteiger partial charge in [0.05, 0.1) is 0 Å². The Labute approximate surface area is 164 Å². The van der Waals surface area contributed by atoms with E-state index in [1.807, 2.05) is 38.2 Å². The molecule has 144 valence electrons. The number of aryl methyl sites for hydroxylation is 2. The minimum absolute atomic E-state index is 0.0273. The first kappa shape index (κ1) is 19.8. The minimum Gasteiger partial charge on any atom is -0.331 e. The molecule has 0 radical (unpaired) electrons. The number of thiophene rings is 1. The zero-order chi connectivity index (χ0) is 19.8.